The van der Waals surface area contributed by atoms with Crippen LogP contribution in [0.4, 0.5) is 10.5 Å². The van der Waals surface area contributed by atoms with Crippen LogP contribution in [0.3, 0.4) is 0 Å². The predicted molar refractivity (Wildman–Crippen MR) is 95.4 cm³/mol. The van der Waals surface area contributed by atoms with Gasteiger partial charge in [-0.15, -0.1) is 0 Å². The number of Topliss-reactive ketones (excluding diaryl/α,β-unsaturated/α-hetero) is 1. The van der Waals surface area contributed by atoms with Crippen molar-refractivity contribution < 1.29 is 14.3 Å². The number of carbonyl (C=O) groups excluding carboxylic acids is 2. The maximum atomic E-state index is 12.0. The predicted octanol–water partition coefficient (Wildman–Crippen LogP) is 4.35. The van der Waals surface area contributed by atoms with Crippen LogP contribution < -0.4 is 10.1 Å². The quantitative estimate of drug-likeness (QED) is 0.799. The Labute approximate surface area is 150 Å². The smallest absolute Gasteiger partial charge is 0.410 e. The van der Waals surface area contributed by atoms with E-state index in [1.807, 2.05) is 0 Å². The van der Waals surface area contributed by atoms with Crippen molar-refractivity contribution in [2.24, 2.45) is 0 Å². The van der Waals surface area contributed by atoms with Crippen LogP contribution in [0.1, 0.15) is 10.4 Å². The van der Waals surface area contributed by atoms with Gasteiger partial charge in [0, 0.05) is 5.56 Å². The zero-order valence-electron chi connectivity index (χ0n) is 13.2. The van der Waals surface area contributed by atoms with E-state index in [9.17, 15) is 9.59 Å². The van der Waals surface area contributed by atoms with Gasteiger partial charge in [0.15, 0.2) is 5.78 Å². The number of ketones is 1. The summed E-state index contributed by atoms with van der Waals surface area (Å²) in [6.07, 6.45) is -0.726. The molecule has 1 amide bonds. The normalized spacial score (nSPS) is 10.5. The second kappa shape index (κ2) is 8.15. The molecule has 0 aliphatic heterocycles. The maximum absolute atomic E-state index is 12.0. The number of nitrogens with one attached hydrogen (secondary N) is 1. The highest BCUT2D eigenvalue weighted by Gasteiger charge is 2.12. The van der Waals surface area contributed by atoms with E-state index in [1.54, 1.807) is 55.4 Å². The number of nitrogens with zero attached hydrogens (tertiary/aromatic N) is 1. The van der Waals surface area contributed by atoms with E-state index in [-0.39, 0.29) is 23.1 Å². The van der Waals surface area contributed by atoms with Gasteiger partial charge in [0.1, 0.15) is 5.75 Å². The summed E-state index contributed by atoms with van der Waals surface area (Å²) in [5, 5.41) is 3.06. The lowest BCUT2D eigenvalue weighted by atomic mass is 10.1. The fourth-order valence-electron chi connectivity index (χ4n) is 1.95. The average molecular weight is 367 g/mol. The molecule has 2 rings (SSSR count). The Bertz CT molecular complexity index is 763. The number of hydrogen-bond acceptors (Lipinski definition) is 4. The van der Waals surface area contributed by atoms with Crippen LogP contribution in [-0.2, 0) is 0 Å². The lowest BCUT2D eigenvalue weighted by Gasteiger charge is -2.11. The summed E-state index contributed by atoms with van der Waals surface area (Å²) in [7, 11) is 3.61. The Hall–Kier alpha value is -2.08. The molecule has 2 aromatic rings. The van der Waals surface area contributed by atoms with Gasteiger partial charge in [0.25, 0.3) is 0 Å². The Kier molecular flexibility index (Phi) is 6.20. The molecule has 0 fully saturated rings. The highest BCUT2D eigenvalue weighted by atomic mass is 35.5. The van der Waals surface area contributed by atoms with Gasteiger partial charge in [0.2, 0.25) is 0 Å². The molecule has 0 unspecified atom stereocenters. The van der Waals surface area contributed by atoms with Gasteiger partial charge in [-0.2, -0.15) is 0 Å². The lowest BCUT2D eigenvalue weighted by molar-refractivity contribution is 0.0957. The van der Waals surface area contributed by atoms with Crippen LogP contribution in [0, 0.1) is 0 Å². The van der Waals surface area contributed by atoms with Crippen molar-refractivity contribution in [1.82, 2.24) is 4.90 Å². The summed E-state index contributed by atoms with van der Waals surface area (Å²) in [4.78, 5) is 25.8. The Morgan fingerprint density at radius 1 is 1.12 bits per heavy atom. The first-order valence-corrected chi connectivity index (χ1v) is 7.83. The van der Waals surface area contributed by atoms with Crippen LogP contribution in [0.5, 0.6) is 5.75 Å². The monoisotopic (exact) mass is 366 g/mol. The summed E-state index contributed by atoms with van der Waals surface area (Å²) < 4.78 is 5.19. The molecule has 0 aliphatic rings. The minimum atomic E-state index is -0.726. The molecule has 0 aliphatic carbocycles. The van der Waals surface area contributed by atoms with Crippen molar-refractivity contribution in [2.45, 2.75) is 0 Å². The number of carbonyl (C=O) groups is 2. The fraction of sp³-hybridized carbons (Fsp3) is 0.176. The molecule has 0 heterocycles. The number of ether oxygens (including phenoxy) is 1. The van der Waals surface area contributed by atoms with E-state index in [0.717, 1.165) is 0 Å². The van der Waals surface area contributed by atoms with Gasteiger partial charge in [-0.3, -0.25) is 10.1 Å². The van der Waals surface area contributed by atoms with Crippen molar-refractivity contribution in [3.63, 3.8) is 0 Å². The maximum Gasteiger partial charge on any atom is 0.417 e. The molecule has 0 aromatic heterocycles. The van der Waals surface area contributed by atoms with Gasteiger partial charge in [-0.1, -0.05) is 41.4 Å². The van der Waals surface area contributed by atoms with Gasteiger partial charge >= 0.3 is 6.09 Å². The third-order valence-corrected chi connectivity index (χ3v) is 3.83. The summed E-state index contributed by atoms with van der Waals surface area (Å²) >= 11 is 11.9. The number of halogens is 2. The van der Waals surface area contributed by atoms with Crippen molar-refractivity contribution in [3.05, 3.63) is 58.1 Å². The molecular weight excluding hydrogens is 351 g/mol. The number of likely N-dealkylation sites (N-methyl/N-ethyl adjacent to an activating group) is 1. The minimum Gasteiger partial charge on any atom is -0.410 e. The standard InChI is InChI=1S/C17H16Cl2N2O3/c1-21(2)10-15(22)11-5-3-6-12(9-11)24-17(23)20-14-8-4-7-13(18)16(14)19/h3-9H,10H2,1-2H3,(H,20,23). The molecule has 24 heavy (non-hydrogen) atoms. The number of amides is 1. The first-order chi connectivity index (χ1) is 11.4. The average Bonchev–Trinajstić information content (AvgIpc) is 2.51. The molecule has 0 spiro atoms. The molecule has 2 aromatic carbocycles. The largest absolute Gasteiger partial charge is 0.417 e. The summed E-state index contributed by atoms with van der Waals surface area (Å²) in [6.45, 7) is 0.272. The molecule has 7 heteroatoms. The molecule has 5 nitrogen and oxygen atoms in total. The Balaban J connectivity index is 2.06. The van der Waals surface area contributed by atoms with Crippen molar-refractivity contribution in [2.75, 3.05) is 26.0 Å². The van der Waals surface area contributed by atoms with E-state index >= 15 is 0 Å². The van der Waals surface area contributed by atoms with Gasteiger partial charge in [-0.05, 0) is 38.4 Å². The highest BCUT2D eigenvalue weighted by Crippen LogP contribution is 2.29. The van der Waals surface area contributed by atoms with Gasteiger partial charge < -0.3 is 9.64 Å². The molecule has 0 bridgehead atoms. The number of rotatable bonds is 5. The van der Waals surface area contributed by atoms with Crippen LogP contribution in [0.15, 0.2) is 42.5 Å². The van der Waals surface area contributed by atoms with Crippen LogP contribution in [0.2, 0.25) is 10.0 Å². The SMILES string of the molecule is CN(C)CC(=O)c1cccc(OC(=O)Nc2cccc(Cl)c2Cl)c1. The zero-order valence-corrected chi connectivity index (χ0v) is 14.7. The highest BCUT2D eigenvalue weighted by molar-refractivity contribution is 6.43. The van der Waals surface area contributed by atoms with E-state index in [2.05, 4.69) is 5.32 Å². The van der Waals surface area contributed by atoms with Gasteiger partial charge in [0.05, 0.1) is 22.3 Å². The molecule has 0 saturated carbocycles. The van der Waals surface area contributed by atoms with E-state index in [4.69, 9.17) is 27.9 Å². The molecule has 0 atom stereocenters. The van der Waals surface area contributed by atoms with Crippen LogP contribution in [0.25, 0.3) is 0 Å². The molecule has 0 saturated heterocycles. The molecular formula is C17H16Cl2N2O3. The first-order valence-electron chi connectivity index (χ1n) is 7.07. The van der Waals surface area contributed by atoms with Crippen LogP contribution >= 0.6 is 23.2 Å². The minimum absolute atomic E-state index is 0.0660. The van der Waals surface area contributed by atoms with Crippen molar-refractivity contribution in [1.29, 1.82) is 0 Å². The second-order valence-electron chi connectivity index (χ2n) is 5.30. The summed E-state index contributed by atoms with van der Waals surface area (Å²) in [6, 6.07) is 11.3. The lowest BCUT2D eigenvalue weighted by Crippen LogP contribution is -2.22. The zero-order chi connectivity index (χ0) is 17.7. The number of hydrogen-bond donors (Lipinski definition) is 1. The van der Waals surface area contributed by atoms with E-state index < -0.39 is 6.09 Å². The number of anilines is 1. The fourth-order valence-corrected chi connectivity index (χ4v) is 2.30. The van der Waals surface area contributed by atoms with Gasteiger partial charge in [-0.25, -0.2) is 4.79 Å². The summed E-state index contributed by atoms with van der Waals surface area (Å²) in [5.74, 6) is 0.194. The third kappa shape index (κ3) is 4.96. The Morgan fingerprint density at radius 2 is 1.83 bits per heavy atom. The van der Waals surface area contributed by atoms with E-state index in [0.29, 0.717) is 16.3 Å². The number of benzene rings is 2. The first kappa shape index (κ1) is 18.3. The third-order valence-electron chi connectivity index (χ3n) is 3.01. The second-order valence-corrected chi connectivity index (χ2v) is 6.09. The molecule has 1 N–H and O–H groups in total. The van der Waals surface area contributed by atoms with Crippen LogP contribution in [-0.4, -0.2) is 37.4 Å². The Morgan fingerprint density at radius 3 is 2.54 bits per heavy atom. The van der Waals surface area contributed by atoms with Crippen molar-refractivity contribution in [3.8, 4) is 5.75 Å². The topological polar surface area (TPSA) is 58.6 Å². The molecule has 0 radical (unpaired) electrons. The summed E-state index contributed by atoms with van der Waals surface area (Å²) in [5.41, 5.74) is 0.809. The molecule has 126 valence electrons. The van der Waals surface area contributed by atoms with E-state index in [1.165, 1.54) is 6.07 Å². The van der Waals surface area contributed by atoms with Crippen molar-refractivity contribution >= 4 is 40.8 Å².